The van der Waals surface area contributed by atoms with Gasteiger partial charge in [-0.15, -0.1) is 0 Å². The van der Waals surface area contributed by atoms with Crippen molar-refractivity contribution >= 4 is 6.34 Å². The van der Waals surface area contributed by atoms with Crippen LogP contribution in [0.1, 0.15) is 11.1 Å². The van der Waals surface area contributed by atoms with Gasteiger partial charge in [-0.3, -0.25) is 4.84 Å². The van der Waals surface area contributed by atoms with Gasteiger partial charge in [0.05, 0.1) is 12.2 Å². The molecule has 0 bridgehead atoms. The Morgan fingerprint density at radius 3 is 2.46 bits per heavy atom. The predicted molar refractivity (Wildman–Crippen MR) is 87.0 cm³/mol. The Morgan fingerprint density at radius 2 is 1.83 bits per heavy atom. The summed E-state index contributed by atoms with van der Waals surface area (Å²) in [5.41, 5.74) is 4.40. The Bertz CT molecular complexity index is 684. The molecule has 0 unspecified atom stereocenters. The fourth-order valence-corrected chi connectivity index (χ4v) is 2.04. The first-order valence-electron chi connectivity index (χ1n) is 7.22. The quantitative estimate of drug-likeness (QED) is 0.493. The molecule has 0 radical (unpaired) electrons. The van der Waals surface area contributed by atoms with E-state index >= 15 is 0 Å². The molecule has 0 saturated carbocycles. The molecule has 0 heterocycles. The van der Waals surface area contributed by atoms with E-state index in [1.54, 1.807) is 14.1 Å². The number of nitrogens with zero attached hydrogens (tertiary/aromatic N) is 2. The average Bonchev–Trinajstić information content (AvgIpc) is 2.58. The van der Waals surface area contributed by atoms with Crippen LogP contribution < -0.4 is 5.43 Å². The molecule has 0 spiro atoms. The summed E-state index contributed by atoms with van der Waals surface area (Å²) in [6, 6.07) is 12.6. The average molecular weight is 337 g/mol. The highest BCUT2D eigenvalue weighted by atomic mass is 19.4. The summed E-state index contributed by atoms with van der Waals surface area (Å²) in [5, 5.41) is 5.27. The van der Waals surface area contributed by atoms with Gasteiger partial charge in [0.2, 0.25) is 0 Å². The summed E-state index contributed by atoms with van der Waals surface area (Å²) in [6.45, 7) is 0.320. The molecule has 2 aromatic rings. The molecule has 128 valence electrons. The highest BCUT2D eigenvalue weighted by Gasteiger charge is 2.29. The predicted octanol–water partition coefficient (Wildman–Crippen LogP) is 3.90. The van der Waals surface area contributed by atoms with E-state index in [-0.39, 0.29) is 0 Å². The second-order valence-corrected chi connectivity index (χ2v) is 5.06. The molecule has 0 atom stereocenters. The molecule has 0 saturated heterocycles. The van der Waals surface area contributed by atoms with Crippen LogP contribution in [0.5, 0.6) is 0 Å². The Hall–Kier alpha value is -2.54. The van der Waals surface area contributed by atoms with Crippen LogP contribution in [0, 0.1) is 0 Å². The van der Waals surface area contributed by atoms with Gasteiger partial charge in [0.25, 0.3) is 0 Å². The van der Waals surface area contributed by atoms with Gasteiger partial charge in [0, 0.05) is 14.1 Å². The molecular formula is C17H18F3N3O. The van der Waals surface area contributed by atoms with Crippen molar-refractivity contribution in [2.24, 2.45) is 5.10 Å². The maximum Gasteiger partial charge on any atom is 0.416 e. The normalized spacial score (nSPS) is 11.7. The maximum absolute atomic E-state index is 12.6. The smallest absolute Gasteiger partial charge is 0.312 e. The molecule has 2 rings (SSSR count). The van der Waals surface area contributed by atoms with E-state index in [0.717, 1.165) is 28.8 Å². The fourth-order valence-electron chi connectivity index (χ4n) is 2.04. The molecule has 4 nitrogen and oxygen atoms in total. The number of hydrazone groups is 1. The van der Waals surface area contributed by atoms with Gasteiger partial charge >= 0.3 is 6.18 Å². The number of nitrogens with one attached hydrogen (secondary N) is 1. The lowest BCUT2D eigenvalue weighted by atomic mass is 10.0. The number of halogens is 3. The van der Waals surface area contributed by atoms with E-state index in [2.05, 4.69) is 10.5 Å². The third kappa shape index (κ3) is 4.99. The number of rotatable bonds is 6. The molecule has 2 aromatic carbocycles. The molecule has 24 heavy (non-hydrogen) atoms. The summed E-state index contributed by atoms with van der Waals surface area (Å²) in [7, 11) is 3.39. The Balaban J connectivity index is 2.08. The summed E-state index contributed by atoms with van der Waals surface area (Å²) in [5.74, 6) is 0. The van der Waals surface area contributed by atoms with E-state index in [1.807, 2.05) is 24.3 Å². The van der Waals surface area contributed by atoms with Crippen molar-refractivity contribution in [1.82, 2.24) is 10.5 Å². The molecule has 7 heteroatoms. The van der Waals surface area contributed by atoms with E-state index in [0.29, 0.717) is 6.61 Å². The van der Waals surface area contributed by atoms with Crippen molar-refractivity contribution in [1.29, 1.82) is 0 Å². The van der Waals surface area contributed by atoms with Crippen molar-refractivity contribution in [2.45, 2.75) is 12.8 Å². The van der Waals surface area contributed by atoms with Gasteiger partial charge in [0.15, 0.2) is 0 Å². The Morgan fingerprint density at radius 1 is 1.12 bits per heavy atom. The van der Waals surface area contributed by atoms with E-state index in [9.17, 15) is 13.2 Å². The summed E-state index contributed by atoms with van der Waals surface area (Å²) < 4.78 is 37.8. The zero-order valence-electron chi connectivity index (χ0n) is 13.3. The number of hydroxylamine groups is 2. The van der Waals surface area contributed by atoms with Crippen LogP contribution in [0.4, 0.5) is 13.2 Å². The molecule has 1 N–H and O–H groups in total. The van der Waals surface area contributed by atoms with Crippen molar-refractivity contribution in [3.8, 4) is 11.1 Å². The van der Waals surface area contributed by atoms with Gasteiger partial charge in [-0.1, -0.05) is 30.3 Å². The van der Waals surface area contributed by atoms with Gasteiger partial charge in [0.1, 0.15) is 6.34 Å². The highest BCUT2D eigenvalue weighted by Crippen LogP contribution is 2.31. The number of hydrogen-bond donors (Lipinski definition) is 1. The molecule has 0 aromatic heterocycles. The lowest BCUT2D eigenvalue weighted by Gasteiger charge is -2.13. The summed E-state index contributed by atoms with van der Waals surface area (Å²) in [4.78, 5) is 5.48. The minimum absolute atomic E-state index is 0.320. The second-order valence-electron chi connectivity index (χ2n) is 5.06. The minimum Gasteiger partial charge on any atom is -0.312 e. The van der Waals surface area contributed by atoms with Crippen molar-refractivity contribution in [3.63, 3.8) is 0 Å². The molecular weight excluding hydrogens is 319 g/mol. The van der Waals surface area contributed by atoms with E-state index in [1.165, 1.54) is 23.5 Å². The first-order chi connectivity index (χ1) is 11.4. The largest absolute Gasteiger partial charge is 0.416 e. The standard InChI is InChI=1S/C17H18F3N3O/c1-21-22-12-23(2)24-11-13-4-3-5-15(10-13)14-6-8-16(9-7-14)17(18,19)20/h3-10,12,21H,11H2,1-2H3/b22-12-. The third-order valence-electron chi connectivity index (χ3n) is 3.26. The third-order valence-corrected chi connectivity index (χ3v) is 3.26. The van der Waals surface area contributed by atoms with Crippen LogP contribution in [0.25, 0.3) is 11.1 Å². The number of benzene rings is 2. The zero-order chi connectivity index (χ0) is 17.6. The van der Waals surface area contributed by atoms with E-state index < -0.39 is 11.7 Å². The number of hydrogen-bond acceptors (Lipinski definition) is 3. The molecule has 0 aliphatic rings. The van der Waals surface area contributed by atoms with Gasteiger partial charge in [-0.05, 0) is 34.9 Å². The van der Waals surface area contributed by atoms with Crippen molar-refractivity contribution in [3.05, 3.63) is 59.7 Å². The zero-order valence-corrected chi connectivity index (χ0v) is 13.3. The Labute approximate surface area is 138 Å². The van der Waals surface area contributed by atoms with Gasteiger partial charge in [-0.2, -0.15) is 18.3 Å². The van der Waals surface area contributed by atoms with Crippen LogP contribution in [0.15, 0.2) is 53.6 Å². The summed E-state index contributed by atoms with van der Waals surface area (Å²) >= 11 is 0. The molecule has 0 aliphatic heterocycles. The molecule has 0 fully saturated rings. The topological polar surface area (TPSA) is 36.9 Å². The molecule has 0 amide bonds. The maximum atomic E-state index is 12.6. The van der Waals surface area contributed by atoms with Crippen LogP contribution in [-0.4, -0.2) is 25.5 Å². The first-order valence-corrected chi connectivity index (χ1v) is 7.22. The first kappa shape index (κ1) is 17.8. The monoisotopic (exact) mass is 337 g/mol. The second kappa shape index (κ2) is 7.83. The van der Waals surface area contributed by atoms with Crippen molar-refractivity contribution in [2.75, 3.05) is 14.1 Å². The SMILES string of the molecule is CN/N=C\N(C)OCc1cccc(-c2ccc(C(F)(F)F)cc2)c1. The minimum atomic E-state index is -4.33. The fraction of sp³-hybridized carbons (Fsp3) is 0.235. The van der Waals surface area contributed by atoms with Crippen LogP contribution in [0.2, 0.25) is 0 Å². The Kier molecular flexibility index (Phi) is 5.81. The van der Waals surface area contributed by atoms with Gasteiger partial charge in [-0.25, -0.2) is 5.06 Å². The lowest BCUT2D eigenvalue weighted by Crippen LogP contribution is -2.18. The highest BCUT2D eigenvalue weighted by molar-refractivity contribution is 5.64. The lowest BCUT2D eigenvalue weighted by molar-refractivity contribution is -0.137. The van der Waals surface area contributed by atoms with Crippen LogP contribution in [0.3, 0.4) is 0 Å². The van der Waals surface area contributed by atoms with Crippen molar-refractivity contribution < 1.29 is 18.0 Å². The van der Waals surface area contributed by atoms with Crippen LogP contribution >= 0.6 is 0 Å². The van der Waals surface area contributed by atoms with E-state index in [4.69, 9.17) is 4.84 Å². The van der Waals surface area contributed by atoms with Gasteiger partial charge < -0.3 is 5.43 Å². The molecule has 0 aliphatic carbocycles. The van der Waals surface area contributed by atoms with Crippen LogP contribution in [-0.2, 0) is 17.6 Å². The summed E-state index contributed by atoms with van der Waals surface area (Å²) in [6.07, 6.45) is -2.84. The number of alkyl halides is 3.